The monoisotopic (exact) mass is 523 g/mol. The van der Waals surface area contributed by atoms with Crippen LogP contribution in [0.3, 0.4) is 0 Å². The Morgan fingerprint density at radius 3 is 2.80 bits per heavy atom. The number of nitrogens with one attached hydrogen (secondary N) is 2. The van der Waals surface area contributed by atoms with Gasteiger partial charge in [-0.3, -0.25) is 4.99 Å². The van der Waals surface area contributed by atoms with Crippen molar-refractivity contribution in [1.82, 2.24) is 20.0 Å². The molecule has 0 aliphatic rings. The molecule has 6 nitrogen and oxygen atoms in total. The third-order valence-electron chi connectivity index (χ3n) is 3.53. The average molecular weight is 524 g/mol. The topological polar surface area (TPSA) is 63.0 Å². The summed E-state index contributed by atoms with van der Waals surface area (Å²) in [7, 11) is 1.77. The van der Waals surface area contributed by atoms with E-state index in [1.807, 2.05) is 28.9 Å². The van der Waals surface area contributed by atoms with Crippen LogP contribution in [-0.2, 0) is 11.3 Å². The smallest absolute Gasteiger partial charge is 0.191 e. The number of hydrogen-bond acceptors (Lipinski definition) is 3. The largest absolute Gasteiger partial charge is 0.381 e. The Kier molecular flexibility index (Phi) is 11.1. The van der Waals surface area contributed by atoms with Gasteiger partial charge in [0, 0.05) is 43.7 Å². The van der Waals surface area contributed by atoms with E-state index in [0.717, 1.165) is 54.4 Å². The summed E-state index contributed by atoms with van der Waals surface area (Å²) in [6, 6.07) is 3.97. The first kappa shape index (κ1) is 22.2. The molecule has 140 valence electrons. The molecule has 8 heteroatoms. The number of aromatic nitrogens is 2. The lowest BCUT2D eigenvalue weighted by atomic mass is 10.4. The molecule has 0 amide bonds. The van der Waals surface area contributed by atoms with Gasteiger partial charge in [0.15, 0.2) is 5.96 Å². The number of nitrogens with zero attached hydrogens (tertiary/aromatic N) is 3. The normalized spacial score (nSPS) is 11.4. The van der Waals surface area contributed by atoms with E-state index in [1.165, 1.54) is 6.42 Å². The summed E-state index contributed by atoms with van der Waals surface area (Å²) in [4.78, 5) is 8.81. The molecule has 2 rings (SSSR count). The standard InChI is InChI=1S/C17H26BrN5O.HI/c1-3-4-9-24-10-5-8-20-17(19-2)21-11-15-13-23-12-14(18)6-7-16(23)22-15;/h6-7,12-13H,3-5,8-11H2,1-2H3,(H2,19,20,21);1H. The minimum Gasteiger partial charge on any atom is -0.381 e. The molecule has 0 bridgehead atoms. The van der Waals surface area contributed by atoms with Gasteiger partial charge >= 0.3 is 0 Å². The third-order valence-corrected chi connectivity index (χ3v) is 3.99. The van der Waals surface area contributed by atoms with Crippen LogP contribution in [0.5, 0.6) is 0 Å². The molecule has 0 aromatic carbocycles. The molecule has 0 atom stereocenters. The number of unbranched alkanes of at least 4 members (excludes halogenated alkanes) is 1. The third kappa shape index (κ3) is 7.91. The fourth-order valence-corrected chi connectivity index (χ4v) is 2.58. The lowest BCUT2D eigenvalue weighted by Gasteiger charge is -2.11. The predicted octanol–water partition coefficient (Wildman–Crippen LogP) is 3.59. The Morgan fingerprint density at radius 1 is 1.24 bits per heavy atom. The highest BCUT2D eigenvalue weighted by Gasteiger charge is 2.03. The number of aliphatic imine (C=N–C) groups is 1. The highest BCUT2D eigenvalue weighted by molar-refractivity contribution is 14.0. The molecular weight excluding hydrogens is 497 g/mol. The Bertz CT molecular complexity index is 662. The Morgan fingerprint density at radius 2 is 2.04 bits per heavy atom. The number of pyridine rings is 1. The van der Waals surface area contributed by atoms with E-state index < -0.39 is 0 Å². The number of ether oxygens (including phenoxy) is 1. The number of guanidine groups is 1. The van der Waals surface area contributed by atoms with Gasteiger partial charge in [0.2, 0.25) is 0 Å². The molecule has 0 aliphatic heterocycles. The van der Waals surface area contributed by atoms with E-state index in [0.29, 0.717) is 6.54 Å². The molecule has 0 unspecified atom stereocenters. The lowest BCUT2D eigenvalue weighted by molar-refractivity contribution is 0.129. The summed E-state index contributed by atoms with van der Waals surface area (Å²) in [6.45, 7) is 5.27. The maximum absolute atomic E-state index is 5.55. The lowest BCUT2D eigenvalue weighted by Crippen LogP contribution is -2.37. The van der Waals surface area contributed by atoms with Crippen LogP contribution in [0.2, 0.25) is 0 Å². The first-order chi connectivity index (χ1) is 11.7. The second kappa shape index (κ2) is 12.5. The van der Waals surface area contributed by atoms with Crippen LogP contribution in [0.15, 0.2) is 34.0 Å². The molecule has 0 saturated heterocycles. The zero-order chi connectivity index (χ0) is 17.2. The van der Waals surface area contributed by atoms with E-state index in [2.05, 4.69) is 43.5 Å². The summed E-state index contributed by atoms with van der Waals surface area (Å²) < 4.78 is 8.58. The Hall–Kier alpha value is -0.870. The van der Waals surface area contributed by atoms with Gasteiger partial charge in [-0.2, -0.15) is 0 Å². The molecule has 0 aliphatic carbocycles. The molecule has 2 N–H and O–H groups in total. The molecular formula is C17H27BrIN5O. The molecule has 2 aromatic heterocycles. The van der Waals surface area contributed by atoms with E-state index in [1.54, 1.807) is 7.05 Å². The van der Waals surface area contributed by atoms with Gasteiger partial charge in [-0.15, -0.1) is 24.0 Å². The van der Waals surface area contributed by atoms with Crippen molar-refractivity contribution in [2.45, 2.75) is 32.7 Å². The van der Waals surface area contributed by atoms with Crippen LogP contribution in [0.4, 0.5) is 0 Å². The maximum atomic E-state index is 5.55. The molecule has 2 aromatic rings. The highest BCUT2D eigenvalue weighted by atomic mass is 127. The van der Waals surface area contributed by atoms with E-state index >= 15 is 0 Å². The van der Waals surface area contributed by atoms with Gasteiger partial charge in [-0.1, -0.05) is 13.3 Å². The number of fused-ring (bicyclic) bond motifs is 1. The van der Waals surface area contributed by atoms with E-state index in [9.17, 15) is 0 Å². The summed E-state index contributed by atoms with van der Waals surface area (Å²) in [5, 5.41) is 6.57. The van der Waals surface area contributed by atoms with Crippen molar-refractivity contribution >= 4 is 51.5 Å². The van der Waals surface area contributed by atoms with Crippen molar-refractivity contribution in [3.8, 4) is 0 Å². The van der Waals surface area contributed by atoms with Crippen molar-refractivity contribution in [1.29, 1.82) is 0 Å². The summed E-state index contributed by atoms with van der Waals surface area (Å²) in [6.07, 6.45) is 7.28. The average Bonchev–Trinajstić information content (AvgIpc) is 2.98. The van der Waals surface area contributed by atoms with Crippen LogP contribution in [0.25, 0.3) is 5.65 Å². The molecule has 0 radical (unpaired) electrons. The second-order valence-corrected chi connectivity index (χ2v) is 6.43. The zero-order valence-corrected chi connectivity index (χ0v) is 18.7. The van der Waals surface area contributed by atoms with Crippen LogP contribution in [-0.4, -0.2) is 42.2 Å². The first-order valence-corrected chi connectivity index (χ1v) is 9.17. The highest BCUT2D eigenvalue weighted by Crippen LogP contribution is 2.12. The van der Waals surface area contributed by atoms with Crippen molar-refractivity contribution in [2.75, 3.05) is 26.8 Å². The van der Waals surface area contributed by atoms with Crippen LogP contribution < -0.4 is 10.6 Å². The van der Waals surface area contributed by atoms with E-state index in [-0.39, 0.29) is 24.0 Å². The number of halogens is 2. The van der Waals surface area contributed by atoms with Gasteiger partial charge in [0.05, 0.1) is 12.2 Å². The van der Waals surface area contributed by atoms with Gasteiger partial charge in [0.25, 0.3) is 0 Å². The van der Waals surface area contributed by atoms with E-state index in [4.69, 9.17) is 4.74 Å². The SMILES string of the molecule is CCCCOCCCNC(=NC)NCc1cn2cc(Br)ccc2n1.I. The number of hydrogen-bond donors (Lipinski definition) is 2. The quantitative estimate of drug-likeness (QED) is 0.228. The molecule has 0 saturated carbocycles. The van der Waals surface area contributed by atoms with Gasteiger partial charge < -0.3 is 19.8 Å². The fraction of sp³-hybridized carbons (Fsp3) is 0.529. The Balaban J connectivity index is 0.00000312. The van der Waals surface area contributed by atoms with Gasteiger partial charge in [-0.05, 0) is 40.9 Å². The van der Waals surface area contributed by atoms with Crippen LogP contribution in [0.1, 0.15) is 31.9 Å². The number of rotatable bonds is 9. The zero-order valence-electron chi connectivity index (χ0n) is 14.8. The molecule has 2 heterocycles. The van der Waals surface area contributed by atoms with Crippen LogP contribution >= 0.6 is 39.9 Å². The van der Waals surface area contributed by atoms with Gasteiger partial charge in [-0.25, -0.2) is 4.98 Å². The predicted molar refractivity (Wildman–Crippen MR) is 117 cm³/mol. The summed E-state index contributed by atoms with van der Waals surface area (Å²) in [5.74, 6) is 0.779. The first-order valence-electron chi connectivity index (χ1n) is 8.38. The van der Waals surface area contributed by atoms with Crippen molar-refractivity contribution in [3.05, 3.63) is 34.7 Å². The Labute approximate surface area is 175 Å². The molecule has 25 heavy (non-hydrogen) atoms. The second-order valence-electron chi connectivity index (χ2n) is 5.52. The molecule has 0 spiro atoms. The van der Waals surface area contributed by atoms with Crippen molar-refractivity contribution in [2.24, 2.45) is 4.99 Å². The minimum atomic E-state index is 0. The summed E-state index contributed by atoms with van der Waals surface area (Å²) >= 11 is 3.47. The van der Waals surface area contributed by atoms with Gasteiger partial charge in [0.1, 0.15) is 5.65 Å². The molecule has 0 fully saturated rings. The van der Waals surface area contributed by atoms with Crippen LogP contribution in [0, 0.1) is 0 Å². The number of imidazole rings is 1. The fourth-order valence-electron chi connectivity index (χ4n) is 2.23. The summed E-state index contributed by atoms with van der Waals surface area (Å²) in [5.41, 5.74) is 1.90. The van der Waals surface area contributed by atoms with Crippen molar-refractivity contribution < 1.29 is 4.74 Å². The van der Waals surface area contributed by atoms with Crippen molar-refractivity contribution in [3.63, 3.8) is 0 Å². The maximum Gasteiger partial charge on any atom is 0.191 e. The minimum absolute atomic E-state index is 0.